The molecule has 0 amide bonds. The Morgan fingerprint density at radius 1 is 1.18 bits per heavy atom. The minimum absolute atomic E-state index is 0.0654. The van der Waals surface area contributed by atoms with Crippen LogP contribution in [0.2, 0.25) is 0 Å². The average molecular weight is 244 g/mol. The molecule has 3 unspecified atom stereocenters. The standard InChI is InChI=1S/C13H15F3O/c1-7-2-3-8(6-7)13(17)9-4-5-10(14)12(16)11(9)15/h4-5,7-8,13,17H,2-3,6H2,1H3. The summed E-state index contributed by atoms with van der Waals surface area (Å²) in [6.07, 6.45) is 1.52. The lowest BCUT2D eigenvalue weighted by molar-refractivity contribution is 0.105. The molecule has 1 aliphatic rings. The van der Waals surface area contributed by atoms with E-state index in [0.717, 1.165) is 31.4 Å². The predicted octanol–water partition coefficient (Wildman–Crippen LogP) is 3.57. The maximum atomic E-state index is 13.5. The van der Waals surface area contributed by atoms with Gasteiger partial charge in [0, 0.05) is 5.56 Å². The first-order chi connectivity index (χ1) is 8.00. The van der Waals surface area contributed by atoms with E-state index in [2.05, 4.69) is 6.92 Å². The number of halogens is 3. The Balaban J connectivity index is 2.25. The number of hydrogen-bond acceptors (Lipinski definition) is 1. The molecule has 1 nitrogen and oxygen atoms in total. The summed E-state index contributed by atoms with van der Waals surface area (Å²) < 4.78 is 39.3. The molecule has 4 heteroatoms. The van der Waals surface area contributed by atoms with Crippen molar-refractivity contribution in [2.45, 2.75) is 32.3 Å². The Labute approximate surface area is 98.3 Å². The van der Waals surface area contributed by atoms with Gasteiger partial charge >= 0.3 is 0 Å². The molecule has 1 fully saturated rings. The Kier molecular flexibility index (Phi) is 3.43. The number of aliphatic hydroxyl groups is 1. The molecule has 1 N–H and O–H groups in total. The molecule has 1 aromatic carbocycles. The van der Waals surface area contributed by atoms with Gasteiger partial charge in [0.1, 0.15) is 0 Å². The van der Waals surface area contributed by atoms with E-state index in [1.165, 1.54) is 0 Å². The Hall–Kier alpha value is -1.03. The van der Waals surface area contributed by atoms with Crippen molar-refractivity contribution in [3.05, 3.63) is 35.1 Å². The largest absolute Gasteiger partial charge is 0.388 e. The summed E-state index contributed by atoms with van der Waals surface area (Å²) in [5.74, 6) is -3.57. The first-order valence-corrected chi connectivity index (χ1v) is 5.82. The number of aliphatic hydroxyl groups excluding tert-OH is 1. The predicted molar refractivity (Wildman–Crippen MR) is 57.8 cm³/mol. The van der Waals surface area contributed by atoms with Gasteiger partial charge in [-0.2, -0.15) is 0 Å². The summed E-state index contributed by atoms with van der Waals surface area (Å²) in [6, 6.07) is 1.98. The molecule has 1 aliphatic carbocycles. The smallest absolute Gasteiger partial charge is 0.194 e. The molecule has 0 aliphatic heterocycles. The van der Waals surface area contributed by atoms with Crippen LogP contribution in [0.15, 0.2) is 12.1 Å². The van der Waals surface area contributed by atoms with Crippen molar-refractivity contribution >= 4 is 0 Å². The Bertz CT molecular complexity index is 419. The van der Waals surface area contributed by atoms with Crippen LogP contribution in [0, 0.1) is 29.3 Å². The van der Waals surface area contributed by atoms with E-state index >= 15 is 0 Å². The molecule has 0 spiro atoms. The number of benzene rings is 1. The van der Waals surface area contributed by atoms with E-state index in [1.807, 2.05) is 0 Å². The third-order valence-electron chi connectivity index (χ3n) is 3.57. The molecule has 2 rings (SSSR count). The summed E-state index contributed by atoms with van der Waals surface area (Å²) in [6.45, 7) is 2.06. The van der Waals surface area contributed by atoms with Crippen molar-refractivity contribution < 1.29 is 18.3 Å². The number of hydrogen-bond donors (Lipinski definition) is 1. The molecule has 0 saturated heterocycles. The quantitative estimate of drug-likeness (QED) is 0.788. The summed E-state index contributed by atoms with van der Waals surface area (Å²) in [5.41, 5.74) is -0.136. The second-order valence-corrected chi connectivity index (χ2v) is 4.89. The van der Waals surface area contributed by atoms with Gasteiger partial charge in [0.15, 0.2) is 17.5 Å². The lowest BCUT2D eigenvalue weighted by Crippen LogP contribution is -2.12. The zero-order valence-electron chi connectivity index (χ0n) is 9.59. The fraction of sp³-hybridized carbons (Fsp3) is 0.538. The Morgan fingerprint density at radius 3 is 2.47 bits per heavy atom. The third kappa shape index (κ3) is 2.32. The van der Waals surface area contributed by atoms with E-state index in [0.29, 0.717) is 5.92 Å². The van der Waals surface area contributed by atoms with Crippen LogP contribution in [-0.2, 0) is 0 Å². The van der Waals surface area contributed by atoms with E-state index in [-0.39, 0.29) is 11.5 Å². The lowest BCUT2D eigenvalue weighted by atomic mass is 9.93. The highest BCUT2D eigenvalue weighted by atomic mass is 19.2. The van der Waals surface area contributed by atoms with Gasteiger partial charge in [0.05, 0.1) is 6.10 Å². The molecular weight excluding hydrogens is 229 g/mol. The van der Waals surface area contributed by atoms with Crippen LogP contribution in [0.3, 0.4) is 0 Å². The van der Waals surface area contributed by atoms with Gasteiger partial charge in [-0.15, -0.1) is 0 Å². The average Bonchev–Trinajstić information content (AvgIpc) is 2.72. The number of rotatable bonds is 2. The van der Waals surface area contributed by atoms with Gasteiger partial charge in [0.25, 0.3) is 0 Å². The zero-order valence-corrected chi connectivity index (χ0v) is 9.59. The van der Waals surface area contributed by atoms with Gasteiger partial charge in [-0.25, -0.2) is 13.2 Å². The first-order valence-electron chi connectivity index (χ1n) is 5.82. The lowest BCUT2D eigenvalue weighted by Gasteiger charge is -2.19. The summed E-state index contributed by atoms with van der Waals surface area (Å²) in [4.78, 5) is 0. The van der Waals surface area contributed by atoms with Crippen molar-refractivity contribution in [1.29, 1.82) is 0 Å². The molecule has 1 aromatic rings. The van der Waals surface area contributed by atoms with Crippen molar-refractivity contribution in [2.24, 2.45) is 11.8 Å². The third-order valence-corrected chi connectivity index (χ3v) is 3.57. The van der Waals surface area contributed by atoms with Crippen LogP contribution in [0.5, 0.6) is 0 Å². The monoisotopic (exact) mass is 244 g/mol. The van der Waals surface area contributed by atoms with Crippen LogP contribution < -0.4 is 0 Å². The van der Waals surface area contributed by atoms with Gasteiger partial charge in [-0.3, -0.25) is 0 Å². The maximum absolute atomic E-state index is 13.5. The molecular formula is C13H15F3O. The first kappa shape index (κ1) is 12.4. The second-order valence-electron chi connectivity index (χ2n) is 4.89. The van der Waals surface area contributed by atoms with E-state index in [1.54, 1.807) is 0 Å². The molecule has 3 atom stereocenters. The summed E-state index contributed by atoms with van der Waals surface area (Å²) >= 11 is 0. The van der Waals surface area contributed by atoms with Crippen LogP contribution in [0.1, 0.15) is 37.9 Å². The minimum atomic E-state index is -1.51. The van der Waals surface area contributed by atoms with Gasteiger partial charge < -0.3 is 5.11 Å². The van der Waals surface area contributed by atoms with Crippen molar-refractivity contribution in [3.63, 3.8) is 0 Å². The summed E-state index contributed by atoms with van der Waals surface area (Å²) in [5, 5.41) is 10.0. The minimum Gasteiger partial charge on any atom is -0.388 e. The van der Waals surface area contributed by atoms with E-state index < -0.39 is 23.6 Å². The highest BCUT2D eigenvalue weighted by Crippen LogP contribution is 2.39. The van der Waals surface area contributed by atoms with Crippen LogP contribution >= 0.6 is 0 Å². The molecule has 0 aromatic heterocycles. The van der Waals surface area contributed by atoms with Crippen LogP contribution in [0.25, 0.3) is 0 Å². The van der Waals surface area contributed by atoms with E-state index in [4.69, 9.17) is 0 Å². The SMILES string of the molecule is CC1CCC(C(O)c2ccc(F)c(F)c2F)C1. The Morgan fingerprint density at radius 2 is 1.88 bits per heavy atom. The van der Waals surface area contributed by atoms with Gasteiger partial charge in [-0.05, 0) is 30.7 Å². The molecule has 0 radical (unpaired) electrons. The molecule has 94 valence electrons. The molecule has 17 heavy (non-hydrogen) atoms. The van der Waals surface area contributed by atoms with Crippen LogP contribution in [0.4, 0.5) is 13.2 Å². The van der Waals surface area contributed by atoms with Crippen LogP contribution in [-0.4, -0.2) is 5.11 Å². The van der Waals surface area contributed by atoms with Gasteiger partial charge in [0.2, 0.25) is 0 Å². The highest BCUT2D eigenvalue weighted by molar-refractivity contribution is 5.23. The van der Waals surface area contributed by atoms with Crippen molar-refractivity contribution in [2.75, 3.05) is 0 Å². The second kappa shape index (κ2) is 4.69. The molecule has 0 heterocycles. The van der Waals surface area contributed by atoms with Crippen molar-refractivity contribution in [3.8, 4) is 0 Å². The molecule has 0 bridgehead atoms. The summed E-state index contributed by atoms with van der Waals surface area (Å²) in [7, 11) is 0. The zero-order chi connectivity index (χ0) is 12.6. The maximum Gasteiger partial charge on any atom is 0.194 e. The fourth-order valence-electron chi connectivity index (χ4n) is 2.56. The van der Waals surface area contributed by atoms with Crippen molar-refractivity contribution in [1.82, 2.24) is 0 Å². The molecule has 1 saturated carbocycles. The fourth-order valence-corrected chi connectivity index (χ4v) is 2.56. The normalized spacial score (nSPS) is 26.2. The highest BCUT2D eigenvalue weighted by Gasteiger charge is 2.31. The van der Waals surface area contributed by atoms with E-state index in [9.17, 15) is 18.3 Å². The topological polar surface area (TPSA) is 20.2 Å². The van der Waals surface area contributed by atoms with Gasteiger partial charge in [-0.1, -0.05) is 19.4 Å².